The lowest BCUT2D eigenvalue weighted by molar-refractivity contribution is 0.415. The Morgan fingerprint density at radius 2 is 1.65 bits per heavy atom. The van der Waals surface area contributed by atoms with Crippen LogP contribution >= 0.6 is 12.2 Å². The van der Waals surface area contributed by atoms with E-state index in [0.717, 1.165) is 22.6 Å². The molecule has 0 aliphatic rings. The number of thiocarbonyl (C=S) groups is 1. The summed E-state index contributed by atoms with van der Waals surface area (Å²) < 4.78 is 5.16. The van der Waals surface area contributed by atoms with E-state index in [2.05, 4.69) is 10.5 Å². The first kappa shape index (κ1) is 14.0. The second kappa shape index (κ2) is 6.68. The van der Waals surface area contributed by atoms with Crippen molar-refractivity contribution in [1.82, 2.24) is 5.43 Å². The van der Waals surface area contributed by atoms with Crippen LogP contribution in [0.5, 0.6) is 5.75 Å². The van der Waals surface area contributed by atoms with Gasteiger partial charge in [0.05, 0.1) is 12.8 Å². The standard InChI is InChI=1S/C15H15N3OS/c1-19-13-9-7-12(8-10-13)14(17-18-15(16)20)11-5-3-2-4-6-11/h2-10H,1H3,(H3,16,18,20)/b17-14-. The number of hydrazone groups is 1. The van der Waals surface area contributed by atoms with Gasteiger partial charge in [0.25, 0.3) is 0 Å². The Bertz CT molecular complexity index is 609. The van der Waals surface area contributed by atoms with Gasteiger partial charge < -0.3 is 10.5 Å². The van der Waals surface area contributed by atoms with Crippen molar-refractivity contribution in [2.24, 2.45) is 10.8 Å². The summed E-state index contributed by atoms with van der Waals surface area (Å²) in [6.07, 6.45) is 0. The summed E-state index contributed by atoms with van der Waals surface area (Å²) in [6.45, 7) is 0. The molecular weight excluding hydrogens is 270 g/mol. The number of ether oxygens (including phenoxy) is 1. The minimum atomic E-state index is 0.131. The number of nitrogens with two attached hydrogens (primary N) is 1. The molecule has 0 bridgehead atoms. The molecule has 0 aromatic heterocycles. The van der Waals surface area contributed by atoms with Gasteiger partial charge in [0.2, 0.25) is 0 Å². The molecule has 2 aromatic carbocycles. The first-order chi connectivity index (χ1) is 9.70. The van der Waals surface area contributed by atoms with E-state index in [4.69, 9.17) is 22.7 Å². The van der Waals surface area contributed by atoms with Crippen LogP contribution in [0.25, 0.3) is 0 Å². The summed E-state index contributed by atoms with van der Waals surface area (Å²) in [6, 6.07) is 17.5. The highest BCUT2D eigenvalue weighted by molar-refractivity contribution is 7.80. The summed E-state index contributed by atoms with van der Waals surface area (Å²) in [7, 11) is 1.63. The molecular formula is C15H15N3OS. The molecule has 3 N–H and O–H groups in total. The third-order valence-electron chi connectivity index (χ3n) is 2.69. The van der Waals surface area contributed by atoms with E-state index >= 15 is 0 Å². The van der Waals surface area contributed by atoms with Crippen LogP contribution in [-0.2, 0) is 0 Å². The molecule has 2 aromatic rings. The van der Waals surface area contributed by atoms with Gasteiger partial charge in [-0.3, -0.25) is 5.43 Å². The number of hydrogen-bond donors (Lipinski definition) is 2. The predicted octanol–water partition coefficient (Wildman–Crippen LogP) is 2.28. The number of rotatable bonds is 4. The van der Waals surface area contributed by atoms with Crippen LogP contribution in [0.2, 0.25) is 0 Å². The van der Waals surface area contributed by atoms with Gasteiger partial charge in [0.15, 0.2) is 5.11 Å². The van der Waals surface area contributed by atoms with Crippen LogP contribution in [0.3, 0.4) is 0 Å². The Labute approximate surface area is 123 Å². The fraction of sp³-hybridized carbons (Fsp3) is 0.0667. The third kappa shape index (κ3) is 3.55. The Kier molecular flexibility index (Phi) is 4.68. The molecule has 0 aliphatic heterocycles. The van der Waals surface area contributed by atoms with Crippen molar-refractivity contribution in [2.75, 3.05) is 7.11 Å². The summed E-state index contributed by atoms with van der Waals surface area (Å²) in [5.41, 5.74) is 10.8. The maximum atomic E-state index is 5.44. The molecule has 5 heteroatoms. The normalized spacial score (nSPS) is 10.9. The summed E-state index contributed by atoms with van der Waals surface area (Å²) in [5.74, 6) is 0.795. The fourth-order valence-corrected chi connectivity index (χ4v) is 1.80. The third-order valence-corrected chi connectivity index (χ3v) is 2.78. The van der Waals surface area contributed by atoms with E-state index in [1.807, 2.05) is 54.6 Å². The van der Waals surface area contributed by atoms with Crippen LogP contribution in [-0.4, -0.2) is 17.9 Å². The molecule has 2 rings (SSSR count). The van der Waals surface area contributed by atoms with Crippen molar-refractivity contribution >= 4 is 23.0 Å². The highest BCUT2D eigenvalue weighted by atomic mass is 32.1. The topological polar surface area (TPSA) is 59.6 Å². The molecule has 0 spiro atoms. The van der Waals surface area contributed by atoms with E-state index in [1.54, 1.807) is 7.11 Å². The number of nitrogens with zero attached hydrogens (tertiary/aromatic N) is 1. The van der Waals surface area contributed by atoms with Gasteiger partial charge in [-0.25, -0.2) is 0 Å². The van der Waals surface area contributed by atoms with Crippen molar-refractivity contribution in [1.29, 1.82) is 0 Å². The summed E-state index contributed by atoms with van der Waals surface area (Å²) in [5, 5.41) is 4.41. The highest BCUT2D eigenvalue weighted by Crippen LogP contribution is 2.15. The van der Waals surface area contributed by atoms with Gasteiger partial charge >= 0.3 is 0 Å². The zero-order valence-corrected chi connectivity index (χ0v) is 11.9. The average molecular weight is 285 g/mol. The second-order valence-corrected chi connectivity index (χ2v) is 4.47. The van der Waals surface area contributed by atoms with Crippen molar-refractivity contribution in [3.8, 4) is 5.75 Å². The lowest BCUT2D eigenvalue weighted by Gasteiger charge is -2.08. The van der Waals surface area contributed by atoms with Crippen LogP contribution in [0.1, 0.15) is 11.1 Å². The van der Waals surface area contributed by atoms with Crippen LogP contribution in [0, 0.1) is 0 Å². The van der Waals surface area contributed by atoms with Crippen molar-refractivity contribution < 1.29 is 4.74 Å². The minimum Gasteiger partial charge on any atom is -0.497 e. The van der Waals surface area contributed by atoms with Gasteiger partial charge in [-0.05, 0) is 36.5 Å². The average Bonchev–Trinajstić information content (AvgIpc) is 2.49. The van der Waals surface area contributed by atoms with Gasteiger partial charge in [0.1, 0.15) is 5.75 Å². The van der Waals surface area contributed by atoms with Crippen molar-refractivity contribution in [3.63, 3.8) is 0 Å². The zero-order valence-electron chi connectivity index (χ0n) is 11.0. The van der Waals surface area contributed by atoms with E-state index in [9.17, 15) is 0 Å². The van der Waals surface area contributed by atoms with E-state index in [-0.39, 0.29) is 5.11 Å². The quantitative estimate of drug-likeness (QED) is 0.514. The second-order valence-electron chi connectivity index (χ2n) is 4.03. The van der Waals surface area contributed by atoms with E-state index in [1.165, 1.54) is 0 Å². The molecule has 0 fully saturated rings. The summed E-state index contributed by atoms with van der Waals surface area (Å²) in [4.78, 5) is 0. The molecule has 0 heterocycles. The molecule has 102 valence electrons. The van der Waals surface area contributed by atoms with Crippen molar-refractivity contribution in [2.45, 2.75) is 0 Å². The van der Waals surface area contributed by atoms with Gasteiger partial charge in [-0.1, -0.05) is 30.3 Å². The first-order valence-corrected chi connectivity index (χ1v) is 6.44. The molecule has 0 radical (unpaired) electrons. The van der Waals surface area contributed by atoms with E-state index in [0.29, 0.717) is 0 Å². The molecule has 4 nitrogen and oxygen atoms in total. The predicted molar refractivity (Wildman–Crippen MR) is 85.0 cm³/mol. The Morgan fingerprint density at radius 3 is 2.20 bits per heavy atom. The Morgan fingerprint density at radius 1 is 1.05 bits per heavy atom. The van der Waals surface area contributed by atoms with E-state index < -0.39 is 0 Å². The monoisotopic (exact) mass is 285 g/mol. The number of nitrogens with one attached hydrogen (secondary N) is 1. The van der Waals surface area contributed by atoms with Crippen LogP contribution in [0.4, 0.5) is 0 Å². The van der Waals surface area contributed by atoms with Crippen LogP contribution in [0.15, 0.2) is 59.7 Å². The van der Waals surface area contributed by atoms with Crippen molar-refractivity contribution in [3.05, 3.63) is 65.7 Å². The molecule has 0 unspecified atom stereocenters. The fourth-order valence-electron chi connectivity index (χ4n) is 1.75. The lowest BCUT2D eigenvalue weighted by Crippen LogP contribution is -2.26. The maximum Gasteiger partial charge on any atom is 0.184 e. The highest BCUT2D eigenvalue weighted by Gasteiger charge is 2.07. The molecule has 0 saturated carbocycles. The maximum absolute atomic E-state index is 5.44. The summed E-state index contributed by atoms with van der Waals surface area (Å²) >= 11 is 4.79. The SMILES string of the molecule is COc1ccc(/C(=N\NC(N)=S)c2ccccc2)cc1. The van der Waals surface area contributed by atoms with Gasteiger partial charge in [0, 0.05) is 11.1 Å². The molecule has 0 atom stereocenters. The number of methoxy groups -OCH3 is 1. The molecule has 20 heavy (non-hydrogen) atoms. The van der Waals surface area contributed by atoms with Crippen LogP contribution < -0.4 is 15.9 Å². The molecule has 0 saturated heterocycles. The smallest absolute Gasteiger partial charge is 0.184 e. The minimum absolute atomic E-state index is 0.131. The van der Waals surface area contributed by atoms with Gasteiger partial charge in [-0.15, -0.1) is 0 Å². The zero-order chi connectivity index (χ0) is 14.4. The Hall–Kier alpha value is -2.40. The Balaban J connectivity index is 2.40. The largest absolute Gasteiger partial charge is 0.497 e. The molecule has 0 amide bonds. The van der Waals surface area contributed by atoms with Gasteiger partial charge in [-0.2, -0.15) is 5.10 Å². The first-order valence-electron chi connectivity index (χ1n) is 6.03. The number of hydrogen-bond acceptors (Lipinski definition) is 3. The molecule has 0 aliphatic carbocycles. The number of benzene rings is 2. The lowest BCUT2D eigenvalue weighted by atomic mass is 10.0.